The Morgan fingerprint density at radius 1 is 1.39 bits per heavy atom. The summed E-state index contributed by atoms with van der Waals surface area (Å²) in [6.45, 7) is 9.50. The minimum atomic E-state index is 0.0890. The molecule has 2 aromatic heterocycles. The molecule has 3 rings (SSSR count). The van der Waals surface area contributed by atoms with Gasteiger partial charge in [0.15, 0.2) is 5.82 Å². The molecule has 0 amide bonds. The second kappa shape index (κ2) is 6.66. The summed E-state index contributed by atoms with van der Waals surface area (Å²) in [6, 6.07) is 4.44. The predicted octanol–water partition coefficient (Wildman–Crippen LogP) is 2.26. The Morgan fingerprint density at radius 3 is 3.00 bits per heavy atom. The van der Waals surface area contributed by atoms with Gasteiger partial charge in [-0.15, -0.1) is 5.10 Å². The van der Waals surface area contributed by atoms with Gasteiger partial charge in [0.25, 0.3) is 0 Å². The molecule has 1 aliphatic rings. The fourth-order valence-electron chi connectivity index (χ4n) is 3.16. The number of nitrogens with one attached hydrogen (secondary N) is 2. The van der Waals surface area contributed by atoms with Gasteiger partial charge in [0, 0.05) is 48.5 Å². The standard InChI is InChI=1S/C17H26N6/c1-17(2,3)16-13(11-20-22-16)10-18-14-6-5-9-23(12-14)15-7-4-8-19-21-15/h4,7-8,11,14,18H,5-6,9-10,12H2,1-3H3,(H,20,22). The minimum Gasteiger partial charge on any atom is -0.354 e. The molecule has 6 nitrogen and oxygen atoms in total. The van der Waals surface area contributed by atoms with Crippen LogP contribution in [0.3, 0.4) is 0 Å². The van der Waals surface area contributed by atoms with Crippen LogP contribution in [0.1, 0.15) is 44.9 Å². The monoisotopic (exact) mass is 314 g/mol. The molecule has 0 bridgehead atoms. The zero-order valence-corrected chi connectivity index (χ0v) is 14.2. The maximum absolute atomic E-state index is 4.23. The Morgan fingerprint density at radius 2 is 2.26 bits per heavy atom. The van der Waals surface area contributed by atoms with Crippen molar-refractivity contribution >= 4 is 5.82 Å². The Balaban J connectivity index is 1.60. The lowest BCUT2D eigenvalue weighted by molar-refractivity contribution is 0.417. The molecule has 6 heteroatoms. The van der Waals surface area contributed by atoms with Crippen molar-refractivity contribution in [3.63, 3.8) is 0 Å². The molecule has 2 aromatic rings. The van der Waals surface area contributed by atoms with Crippen LogP contribution in [0.25, 0.3) is 0 Å². The van der Waals surface area contributed by atoms with E-state index in [0.29, 0.717) is 6.04 Å². The Hall–Kier alpha value is -1.95. The van der Waals surface area contributed by atoms with E-state index in [1.807, 2.05) is 18.3 Å². The Kier molecular flexibility index (Phi) is 4.61. The van der Waals surface area contributed by atoms with Crippen LogP contribution >= 0.6 is 0 Å². The van der Waals surface area contributed by atoms with Gasteiger partial charge < -0.3 is 10.2 Å². The lowest BCUT2D eigenvalue weighted by Crippen LogP contribution is -2.46. The second-order valence-electron chi connectivity index (χ2n) is 7.27. The number of hydrogen-bond acceptors (Lipinski definition) is 5. The second-order valence-corrected chi connectivity index (χ2v) is 7.27. The average Bonchev–Trinajstić information content (AvgIpc) is 3.03. The van der Waals surface area contributed by atoms with Crippen molar-refractivity contribution < 1.29 is 0 Å². The van der Waals surface area contributed by atoms with Crippen molar-refractivity contribution in [2.45, 2.75) is 51.6 Å². The summed E-state index contributed by atoms with van der Waals surface area (Å²) in [5.74, 6) is 0.970. The third-order valence-electron chi connectivity index (χ3n) is 4.35. The molecule has 1 saturated heterocycles. The molecule has 0 radical (unpaired) electrons. The number of anilines is 1. The highest BCUT2D eigenvalue weighted by atomic mass is 15.3. The smallest absolute Gasteiger partial charge is 0.151 e. The minimum absolute atomic E-state index is 0.0890. The van der Waals surface area contributed by atoms with Crippen LogP contribution < -0.4 is 10.2 Å². The van der Waals surface area contributed by atoms with E-state index in [0.717, 1.165) is 25.5 Å². The molecule has 23 heavy (non-hydrogen) atoms. The maximum atomic E-state index is 4.23. The molecular weight excluding hydrogens is 288 g/mol. The van der Waals surface area contributed by atoms with E-state index >= 15 is 0 Å². The van der Waals surface area contributed by atoms with Crippen LogP contribution in [0, 0.1) is 0 Å². The lowest BCUT2D eigenvalue weighted by atomic mass is 9.89. The fraction of sp³-hybridized carbons (Fsp3) is 0.588. The summed E-state index contributed by atoms with van der Waals surface area (Å²) in [5.41, 5.74) is 2.56. The zero-order chi connectivity index (χ0) is 16.3. The fourth-order valence-corrected chi connectivity index (χ4v) is 3.16. The van der Waals surface area contributed by atoms with Crippen LogP contribution in [0.5, 0.6) is 0 Å². The number of aromatic nitrogens is 4. The first-order valence-electron chi connectivity index (χ1n) is 8.33. The van der Waals surface area contributed by atoms with E-state index in [1.54, 1.807) is 6.20 Å². The summed E-state index contributed by atoms with van der Waals surface area (Å²) in [4.78, 5) is 2.31. The summed E-state index contributed by atoms with van der Waals surface area (Å²) in [7, 11) is 0. The molecule has 1 atom stereocenters. The van der Waals surface area contributed by atoms with Gasteiger partial charge in [-0.3, -0.25) is 5.10 Å². The summed E-state index contributed by atoms with van der Waals surface area (Å²) < 4.78 is 0. The van der Waals surface area contributed by atoms with Gasteiger partial charge in [-0.1, -0.05) is 20.8 Å². The molecular formula is C17H26N6. The van der Waals surface area contributed by atoms with E-state index in [9.17, 15) is 0 Å². The molecule has 0 aromatic carbocycles. The molecule has 0 saturated carbocycles. The molecule has 1 unspecified atom stereocenters. The van der Waals surface area contributed by atoms with Crippen molar-refractivity contribution in [2.24, 2.45) is 0 Å². The highest BCUT2D eigenvalue weighted by Crippen LogP contribution is 2.24. The third kappa shape index (κ3) is 3.88. The van der Waals surface area contributed by atoms with Crippen molar-refractivity contribution in [1.82, 2.24) is 25.7 Å². The molecule has 0 spiro atoms. The molecule has 1 aliphatic heterocycles. The van der Waals surface area contributed by atoms with Crippen LogP contribution in [0.15, 0.2) is 24.5 Å². The molecule has 1 fully saturated rings. The van der Waals surface area contributed by atoms with Crippen molar-refractivity contribution in [2.75, 3.05) is 18.0 Å². The summed E-state index contributed by atoms with van der Waals surface area (Å²) in [6.07, 6.45) is 6.03. The average molecular weight is 314 g/mol. The van der Waals surface area contributed by atoms with Crippen molar-refractivity contribution in [3.05, 3.63) is 35.8 Å². The molecule has 3 heterocycles. The third-order valence-corrected chi connectivity index (χ3v) is 4.35. The van der Waals surface area contributed by atoms with E-state index in [-0.39, 0.29) is 5.41 Å². The van der Waals surface area contributed by atoms with Gasteiger partial charge in [0.05, 0.1) is 6.20 Å². The summed E-state index contributed by atoms with van der Waals surface area (Å²) >= 11 is 0. The maximum Gasteiger partial charge on any atom is 0.151 e. The van der Waals surface area contributed by atoms with Crippen LogP contribution in [-0.2, 0) is 12.0 Å². The van der Waals surface area contributed by atoms with Gasteiger partial charge in [0.2, 0.25) is 0 Å². The van der Waals surface area contributed by atoms with Gasteiger partial charge in [-0.25, -0.2) is 0 Å². The quantitative estimate of drug-likeness (QED) is 0.906. The van der Waals surface area contributed by atoms with Gasteiger partial charge >= 0.3 is 0 Å². The molecule has 2 N–H and O–H groups in total. The van der Waals surface area contributed by atoms with Crippen LogP contribution in [-0.4, -0.2) is 39.5 Å². The van der Waals surface area contributed by atoms with Gasteiger partial charge in [-0.05, 0) is 25.0 Å². The SMILES string of the molecule is CC(C)(C)c1[nH]ncc1CNC1CCCN(c2cccnn2)C1. The van der Waals surface area contributed by atoms with Gasteiger partial charge in [0.1, 0.15) is 0 Å². The van der Waals surface area contributed by atoms with Crippen LogP contribution in [0.2, 0.25) is 0 Å². The van der Waals surface area contributed by atoms with E-state index < -0.39 is 0 Å². The van der Waals surface area contributed by atoms with E-state index in [2.05, 4.69) is 51.4 Å². The first-order chi connectivity index (χ1) is 11.0. The number of nitrogens with zero attached hydrogens (tertiary/aromatic N) is 4. The number of H-pyrrole nitrogens is 1. The van der Waals surface area contributed by atoms with Crippen molar-refractivity contribution in [1.29, 1.82) is 0 Å². The first-order valence-corrected chi connectivity index (χ1v) is 8.33. The summed E-state index contributed by atoms with van der Waals surface area (Å²) in [5, 5.41) is 19.3. The Bertz CT molecular complexity index is 616. The number of aromatic amines is 1. The number of piperidine rings is 1. The largest absolute Gasteiger partial charge is 0.354 e. The topological polar surface area (TPSA) is 69.7 Å². The van der Waals surface area contributed by atoms with Crippen LogP contribution in [0.4, 0.5) is 5.82 Å². The van der Waals surface area contributed by atoms with E-state index in [1.165, 1.54) is 24.1 Å². The molecule has 124 valence electrons. The number of rotatable bonds is 4. The zero-order valence-electron chi connectivity index (χ0n) is 14.2. The first kappa shape index (κ1) is 15.9. The molecule has 0 aliphatic carbocycles. The predicted molar refractivity (Wildman–Crippen MR) is 91.4 cm³/mol. The number of hydrogen-bond donors (Lipinski definition) is 2. The van der Waals surface area contributed by atoms with Crippen molar-refractivity contribution in [3.8, 4) is 0 Å². The lowest BCUT2D eigenvalue weighted by Gasteiger charge is -2.34. The van der Waals surface area contributed by atoms with Gasteiger partial charge in [-0.2, -0.15) is 10.2 Å². The van der Waals surface area contributed by atoms with E-state index in [4.69, 9.17) is 0 Å². The highest BCUT2D eigenvalue weighted by Gasteiger charge is 2.23. The normalized spacial score (nSPS) is 19.1. The highest BCUT2D eigenvalue weighted by molar-refractivity contribution is 5.37. The Labute approximate surface area is 137 Å².